The molecule has 13 heavy (non-hydrogen) atoms. The molecule has 0 radical (unpaired) electrons. The molecule has 74 valence electrons. The molecule has 1 N–H and O–H groups in total. The van der Waals surface area contributed by atoms with E-state index >= 15 is 0 Å². The lowest BCUT2D eigenvalue weighted by Crippen LogP contribution is -2.29. The fourth-order valence-electron chi connectivity index (χ4n) is 0.715. The molecule has 0 atom stereocenters. The SMILES string of the molecule is CN(C)S(=O)(=O)n1cc(CO)cn1. The van der Waals surface area contributed by atoms with Crippen molar-refractivity contribution < 1.29 is 13.5 Å². The van der Waals surface area contributed by atoms with Crippen molar-refractivity contribution in [3.63, 3.8) is 0 Å². The number of hydrogen-bond donors (Lipinski definition) is 1. The molecule has 0 saturated carbocycles. The fraction of sp³-hybridized carbons (Fsp3) is 0.500. The monoisotopic (exact) mass is 205 g/mol. The van der Waals surface area contributed by atoms with Gasteiger partial charge >= 0.3 is 10.2 Å². The second-order valence-corrected chi connectivity index (χ2v) is 4.67. The lowest BCUT2D eigenvalue weighted by atomic mass is 10.4. The molecule has 0 aromatic carbocycles. The van der Waals surface area contributed by atoms with Gasteiger partial charge in [0.15, 0.2) is 0 Å². The molecule has 0 bridgehead atoms. The first kappa shape index (κ1) is 10.2. The van der Waals surface area contributed by atoms with Crippen LogP contribution in [-0.2, 0) is 16.8 Å². The Morgan fingerprint density at radius 2 is 2.23 bits per heavy atom. The predicted molar refractivity (Wildman–Crippen MR) is 46.2 cm³/mol. The Kier molecular flexibility index (Phi) is 2.69. The smallest absolute Gasteiger partial charge is 0.322 e. The van der Waals surface area contributed by atoms with E-state index in [2.05, 4.69) is 5.10 Å². The average Bonchev–Trinajstić information content (AvgIpc) is 2.51. The number of aliphatic hydroxyl groups excluding tert-OH is 1. The van der Waals surface area contributed by atoms with Crippen LogP contribution in [0.4, 0.5) is 0 Å². The Labute approximate surface area is 76.6 Å². The fourth-order valence-corrected chi connectivity index (χ4v) is 1.48. The largest absolute Gasteiger partial charge is 0.392 e. The first-order valence-electron chi connectivity index (χ1n) is 3.56. The summed E-state index contributed by atoms with van der Waals surface area (Å²) in [4.78, 5) is 0. The van der Waals surface area contributed by atoms with Crippen LogP contribution < -0.4 is 0 Å². The summed E-state index contributed by atoms with van der Waals surface area (Å²) in [5.74, 6) is 0. The van der Waals surface area contributed by atoms with E-state index in [-0.39, 0.29) is 6.61 Å². The summed E-state index contributed by atoms with van der Waals surface area (Å²) in [6.07, 6.45) is 2.58. The summed E-state index contributed by atoms with van der Waals surface area (Å²) in [5, 5.41) is 12.3. The highest BCUT2D eigenvalue weighted by Gasteiger charge is 2.16. The van der Waals surface area contributed by atoms with Crippen LogP contribution >= 0.6 is 0 Å². The summed E-state index contributed by atoms with van der Waals surface area (Å²) < 4.78 is 24.7. The van der Waals surface area contributed by atoms with Crippen molar-refractivity contribution in [2.45, 2.75) is 6.61 Å². The van der Waals surface area contributed by atoms with Crippen molar-refractivity contribution in [3.05, 3.63) is 18.0 Å². The first-order chi connectivity index (χ1) is 5.98. The van der Waals surface area contributed by atoms with Gasteiger partial charge in [-0.2, -0.15) is 21.9 Å². The van der Waals surface area contributed by atoms with E-state index in [0.717, 1.165) is 8.39 Å². The standard InChI is InChI=1S/C6H11N3O3S/c1-8(2)13(11,12)9-4-6(5-10)3-7-9/h3-4,10H,5H2,1-2H3. The molecule has 0 saturated heterocycles. The minimum absolute atomic E-state index is 0.219. The highest BCUT2D eigenvalue weighted by atomic mass is 32.2. The van der Waals surface area contributed by atoms with Crippen LogP contribution in [0.15, 0.2) is 12.4 Å². The summed E-state index contributed by atoms with van der Waals surface area (Å²) in [7, 11) is -0.714. The number of aliphatic hydroxyl groups is 1. The second-order valence-electron chi connectivity index (χ2n) is 2.67. The molecule has 1 aromatic rings. The molecule has 0 amide bonds. The van der Waals surface area contributed by atoms with Gasteiger partial charge in [-0.05, 0) is 0 Å². The Bertz CT molecular complexity index is 382. The Balaban J connectivity index is 3.09. The van der Waals surface area contributed by atoms with Crippen LogP contribution in [0.5, 0.6) is 0 Å². The lowest BCUT2D eigenvalue weighted by molar-refractivity contribution is 0.282. The maximum atomic E-state index is 11.4. The van der Waals surface area contributed by atoms with Crippen molar-refractivity contribution in [2.24, 2.45) is 0 Å². The van der Waals surface area contributed by atoms with Crippen LogP contribution in [0.2, 0.25) is 0 Å². The quantitative estimate of drug-likeness (QED) is 0.689. The zero-order valence-electron chi connectivity index (χ0n) is 7.38. The maximum absolute atomic E-state index is 11.4. The molecule has 0 aliphatic heterocycles. The van der Waals surface area contributed by atoms with Crippen LogP contribution in [0.3, 0.4) is 0 Å². The van der Waals surface area contributed by atoms with Crippen molar-refractivity contribution in [1.82, 2.24) is 13.5 Å². The Morgan fingerprint density at radius 1 is 1.62 bits per heavy atom. The van der Waals surface area contributed by atoms with Gasteiger partial charge in [-0.15, -0.1) is 0 Å². The zero-order valence-corrected chi connectivity index (χ0v) is 8.19. The molecule has 0 aliphatic rings. The predicted octanol–water partition coefficient (Wildman–Crippen LogP) is -0.970. The van der Waals surface area contributed by atoms with E-state index in [1.54, 1.807) is 0 Å². The molecule has 7 heteroatoms. The van der Waals surface area contributed by atoms with Gasteiger partial charge in [0, 0.05) is 25.9 Å². The molecular formula is C6H11N3O3S. The number of hydrogen-bond acceptors (Lipinski definition) is 4. The van der Waals surface area contributed by atoms with Gasteiger partial charge < -0.3 is 5.11 Å². The second kappa shape index (κ2) is 3.44. The third-order valence-corrected chi connectivity index (χ3v) is 3.09. The lowest BCUT2D eigenvalue weighted by Gasteiger charge is -2.09. The van der Waals surface area contributed by atoms with Crippen LogP contribution in [-0.4, -0.2) is 41.1 Å². The number of aromatic nitrogens is 2. The summed E-state index contributed by atoms with van der Waals surface area (Å²) in [6.45, 7) is -0.219. The van der Waals surface area contributed by atoms with Crippen molar-refractivity contribution in [1.29, 1.82) is 0 Å². The van der Waals surface area contributed by atoms with Gasteiger partial charge in [-0.25, -0.2) is 0 Å². The molecule has 0 aliphatic carbocycles. The molecule has 6 nitrogen and oxygen atoms in total. The van der Waals surface area contributed by atoms with Crippen LogP contribution in [0.25, 0.3) is 0 Å². The molecule has 0 unspecified atom stereocenters. The Morgan fingerprint density at radius 3 is 2.62 bits per heavy atom. The maximum Gasteiger partial charge on any atom is 0.322 e. The molecule has 0 fully saturated rings. The van der Waals surface area contributed by atoms with Gasteiger partial charge in [0.25, 0.3) is 0 Å². The van der Waals surface area contributed by atoms with Gasteiger partial charge in [-0.3, -0.25) is 0 Å². The average molecular weight is 205 g/mol. The zero-order chi connectivity index (χ0) is 10.1. The highest BCUT2D eigenvalue weighted by molar-refractivity contribution is 7.87. The van der Waals surface area contributed by atoms with Gasteiger partial charge in [0.05, 0.1) is 12.8 Å². The Hall–Kier alpha value is -0.920. The normalized spacial score (nSPS) is 12.3. The van der Waals surface area contributed by atoms with Crippen LogP contribution in [0, 0.1) is 0 Å². The van der Waals surface area contributed by atoms with E-state index in [9.17, 15) is 8.42 Å². The third kappa shape index (κ3) is 1.87. The van der Waals surface area contributed by atoms with Crippen molar-refractivity contribution in [2.75, 3.05) is 14.1 Å². The first-order valence-corrected chi connectivity index (χ1v) is 4.95. The topological polar surface area (TPSA) is 75.4 Å². The van der Waals surface area contributed by atoms with E-state index in [0.29, 0.717) is 5.56 Å². The summed E-state index contributed by atoms with van der Waals surface area (Å²) in [5.41, 5.74) is 0.463. The van der Waals surface area contributed by atoms with E-state index < -0.39 is 10.2 Å². The van der Waals surface area contributed by atoms with Crippen molar-refractivity contribution >= 4 is 10.2 Å². The minimum Gasteiger partial charge on any atom is -0.392 e. The summed E-state index contributed by atoms with van der Waals surface area (Å²) in [6, 6.07) is 0. The van der Waals surface area contributed by atoms with E-state index in [4.69, 9.17) is 5.11 Å². The molecule has 0 spiro atoms. The van der Waals surface area contributed by atoms with E-state index in [1.807, 2.05) is 0 Å². The molecule has 1 heterocycles. The molecule has 1 rings (SSSR count). The number of rotatable bonds is 3. The van der Waals surface area contributed by atoms with E-state index in [1.165, 1.54) is 26.5 Å². The highest BCUT2D eigenvalue weighted by Crippen LogP contribution is 2.02. The third-order valence-electron chi connectivity index (χ3n) is 1.49. The molecular weight excluding hydrogens is 194 g/mol. The van der Waals surface area contributed by atoms with Crippen molar-refractivity contribution in [3.8, 4) is 0 Å². The number of nitrogens with zero attached hydrogens (tertiary/aromatic N) is 3. The van der Waals surface area contributed by atoms with Gasteiger partial charge in [-0.1, -0.05) is 0 Å². The van der Waals surface area contributed by atoms with Gasteiger partial charge in [0.1, 0.15) is 0 Å². The van der Waals surface area contributed by atoms with Gasteiger partial charge in [0.2, 0.25) is 0 Å². The van der Waals surface area contributed by atoms with Crippen LogP contribution in [0.1, 0.15) is 5.56 Å². The minimum atomic E-state index is -3.54. The summed E-state index contributed by atoms with van der Waals surface area (Å²) >= 11 is 0. The molecule has 1 aromatic heterocycles.